The van der Waals surface area contributed by atoms with Crippen molar-refractivity contribution in [1.82, 2.24) is 5.32 Å². The molecule has 1 saturated carbocycles. The lowest BCUT2D eigenvalue weighted by Gasteiger charge is -2.20. The predicted molar refractivity (Wildman–Crippen MR) is 67.4 cm³/mol. The van der Waals surface area contributed by atoms with Crippen LogP contribution in [0.2, 0.25) is 0 Å². The predicted octanol–water partition coefficient (Wildman–Crippen LogP) is 3.46. The van der Waals surface area contributed by atoms with Crippen molar-refractivity contribution in [3.8, 4) is 0 Å². The Bertz CT molecular complexity index is 262. The third kappa shape index (κ3) is 3.32. The molecule has 1 nitrogen and oxygen atoms in total. The molecule has 1 fully saturated rings. The van der Waals surface area contributed by atoms with E-state index in [2.05, 4.69) is 29.1 Å². The minimum Gasteiger partial charge on any atom is -0.314 e. The molecular formula is C13H21NS. The Labute approximate surface area is 96.9 Å². The van der Waals surface area contributed by atoms with E-state index in [1.807, 2.05) is 0 Å². The molecule has 1 heterocycles. The second kappa shape index (κ2) is 5.66. The van der Waals surface area contributed by atoms with E-state index in [0.29, 0.717) is 6.04 Å². The topological polar surface area (TPSA) is 12.0 Å². The standard InChI is InChI=1S/C13H21NS/c1-11(13-4-2-3-5-13)14-8-6-12-7-9-15-10-12/h7,9-11,13-14H,2-6,8H2,1H3/t11-/m1/s1. The molecule has 1 aliphatic rings. The van der Waals surface area contributed by atoms with Crippen LogP contribution in [0.25, 0.3) is 0 Å². The average molecular weight is 223 g/mol. The van der Waals surface area contributed by atoms with Crippen LogP contribution in [0.1, 0.15) is 38.2 Å². The first kappa shape index (κ1) is 11.2. The molecule has 0 aromatic carbocycles. The third-order valence-electron chi connectivity index (χ3n) is 3.57. The highest BCUT2D eigenvalue weighted by atomic mass is 32.1. The smallest absolute Gasteiger partial charge is 0.00671 e. The zero-order valence-corrected chi connectivity index (χ0v) is 10.4. The number of hydrogen-bond donors (Lipinski definition) is 1. The van der Waals surface area contributed by atoms with E-state index in [4.69, 9.17) is 0 Å². The second-order valence-corrected chi connectivity index (χ2v) is 5.45. The van der Waals surface area contributed by atoms with Gasteiger partial charge in [-0.25, -0.2) is 0 Å². The summed E-state index contributed by atoms with van der Waals surface area (Å²) in [4.78, 5) is 0. The van der Waals surface area contributed by atoms with Gasteiger partial charge in [0.15, 0.2) is 0 Å². The van der Waals surface area contributed by atoms with Crippen LogP contribution in [0.15, 0.2) is 16.8 Å². The Hall–Kier alpha value is -0.340. The molecule has 1 atom stereocenters. The first-order valence-electron chi connectivity index (χ1n) is 6.11. The average Bonchev–Trinajstić information content (AvgIpc) is 2.90. The van der Waals surface area contributed by atoms with Gasteiger partial charge in [0.1, 0.15) is 0 Å². The number of rotatable bonds is 5. The molecule has 84 valence electrons. The van der Waals surface area contributed by atoms with E-state index in [1.165, 1.54) is 37.7 Å². The summed E-state index contributed by atoms with van der Waals surface area (Å²) in [5.74, 6) is 0.937. The molecule has 0 unspecified atom stereocenters. The van der Waals surface area contributed by atoms with Crippen molar-refractivity contribution in [2.75, 3.05) is 6.54 Å². The van der Waals surface area contributed by atoms with Crippen molar-refractivity contribution in [2.24, 2.45) is 5.92 Å². The van der Waals surface area contributed by atoms with Crippen LogP contribution in [-0.2, 0) is 6.42 Å². The Morgan fingerprint density at radius 3 is 2.93 bits per heavy atom. The van der Waals surface area contributed by atoms with Crippen molar-refractivity contribution in [3.05, 3.63) is 22.4 Å². The fourth-order valence-electron chi connectivity index (χ4n) is 2.50. The van der Waals surface area contributed by atoms with Crippen molar-refractivity contribution < 1.29 is 0 Å². The summed E-state index contributed by atoms with van der Waals surface area (Å²) in [7, 11) is 0. The maximum Gasteiger partial charge on any atom is 0.00671 e. The van der Waals surface area contributed by atoms with E-state index in [9.17, 15) is 0 Å². The first-order chi connectivity index (χ1) is 7.36. The van der Waals surface area contributed by atoms with Crippen LogP contribution in [0.5, 0.6) is 0 Å². The Kier molecular flexibility index (Phi) is 4.21. The maximum atomic E-state index is 3.67. The van der Waals surface area contributed by atoms with Gasteiger partial charge < -0.3 is 5.32 Å². The maximum absolute atomic E-state index is 3.67. The highest BCUT2D eigenvalue weighted by Crippen LogP contribution is 2.27. The van der Waals surface area contributed by atoms with Crippen molar-refractivity contribution in [1.29, 1.82) is 0 Å². The lowest BCUT2D eigenvalue weighted by molar-refractivity contribution is 0.384. The summed E-state index contributed by atoms with van der Waals surface area (Å²) in [6.07, 6.45) is 6.95. The molecule has 0 aliphatic heterocycles. The minimum atomic E-state index is 0.714. The second-order valence-electron chi connectivity index (χ2n) is 4.67. The summed E-state index contributed by atoms with van der Waals surface area (Å²) in [5, 5.41) is 8.08. The molecule has 1 aromatic heterocycles. The number of hydrogen-bond acceptors (Lipinski definition) is 2. The highest BCUT2D eigenvalue weighted by molar-refractivity contribution is 7.07. The lowest BCUT2D eigenvalue weighted by atomic mass is 10.00. The SMILES string of the molecule is C[C@@H](NCCc1ccsc1)C1CCCC1. The van der Waals surface area contributed by atoms with E-state index in [0.717, 1.165) is 12.5 Å². The molecule has 2 heteroatoms. The van der Waals surface area contributed by atoms with Gasteiger partial charge in [-0.2, -0.15) is 11.3 Å². The quantitative estimate of drug-likeness (QED) is 0.806. The van der Waals surface area contributed by atoms with Crippen LogP contribution in [0.3, 0.4) is 0 Å². The van der Waals surface area contributed by atoms with E-state index < -0.39 is 0 Å². The van der Waals surface area contributed by atoms with Gasteiger partial charge >= 0.3 is 0 Å². The van der Waals surface area contributed by atoms with Gasteiger partial charge in [-0.05, 0) is 61.0 Å². The zero-order chi connectivity index (χ0) is 10.5. The molecule has 0 amide bonds. The molecule has 2 rings (SSSR count). The summed E-state index contributed by atoms with van der Waals surface area (Å²) < 4.78 is 0. The number of thiophene rings is 1. The van der Waals surface area contributed by atoms with Crippen LogP contribution in [0, 0.1) is 5.92 Å². The molecule has 1 aromatic rings. The van der Waals surface area contributed by atoms with Gasteiger partial charge in [0.05, 0.1) is 0 Å². The van der Waals surface area contributed by atoms with Crippen molar-refractivity contribution in [2.45, 2.75) is 45.1 Å². The van der Waals surface area contributed by atoms with E-state index >= 15 is 0 Å². The molecule has 0 spiro atoms. The van der Waals surface area contributed by atoms with Gasteiger partial charge in [0, 0.05) is 6.04 Å². The van der Waals surface area contributed by atoms with Gasteiger partial charge in [-0.3, -0.25) is 0 Å². The van der Waals surface area contributed by atoms with Gasteiger partial charge in [-0.1, -0.05) is 12.8 Å². The Morgan fingerprint density at radius 1 is 1.47 bits per heavy atom. The number of nitrogens with one attached hydrogen (secondary N) is 1. The lowest BCUT2D eigenvalue weighted by Crippen LogP contribution is -2.33. The molecule has 15 heavy (non-hydrogen) atoms. The zero-order valence-electron chi connectivity index (χ0n) is 9.54. The summed E-state index contributed by atoms with van der Waals surface area (Å²) in [5.41, 5.74) is 1.48. The van der Waals surface area contributed by atoms with Crippen LogP contribution in [-0.4, -0.2) is 12.6 Å². The van der Waals surface area contributed by atoms with Crippen LogP contribution in [0.4, 0.5) is 0 Å². The van der Waals surface area contributed by atoms with Gasteiger partial charge in [0.25, 0.3) is 0 Å². The molecule has 0 radical (unpaired) electrons. The molecule has 1 aliphatic carbocycles. The minimum absolute atomic E-state index is 0.714. The summed E-state index contributed by atoms with van der Waals surface area (Å²) >= 11 is 1.80. The molecule has 0 bridgehead atoms. The molecular weight excluding hydrogens is 202 g/mol. The Balaban J connectivity index is 1.64. The summed E-state index contributed by atoms with van der Waals surface area (Å²) in [6, 6.07) is 2.94. The largest absolute Gasteiger partial charge is 0.314 e. The van der Waals surface area contributed by atoms with Gasteiger partial charge in [-0.15, -0.1) is 0 Å². The normalized spacial score (nSPS) is 19.5. The Morgan fingerprint density at radius 2 is 2.27 bits per heavy atom. The summed E-state index contributed by atoms with van der Waals surface area (Å²) in [6.45, 7) is 3.48. The van der Waals surface area contributed by atoms with Crippen LogP contribution < -0.4 is 5.32 Å². The third-order valence-corrected chi connectivity index (χ3v) is 4.30. The van der Waals surface area contributed by atoms with E-state index in [-0.39, 0.29) is 0 Å². The fraction of sp³-hybridized carbons (Fsp3) is 0.692. The van der Waals surface area contributed by atoms with E-state index in [1.54, 1.807) is 11.3 Å². The van der Waals surface area contributed by atoms with Crippen molar-refractivity contribution >= 4 is 11.3 Å². The van der Waals surface area contributed by atoms with Gasteiger partial charge in [0.2, 0.25) is 0 Å². The van der Waals surface area contributed by atoms with Crippen LogP contribution >= 0.6 is 11.3 Å². The molecule has 1 N–H and O–H groups in total. The van der Waals surface area contributed by atoms with Crippen molar-refractivity contribution in [3.63, 3.8) is 0 Å². The molecule has 0 saturated heterocycles. The fourth-order valence-corrected chi connectivity index (χ4v) is 3.21. The first-order valence-corrected chi connectivity index (χ1v) is 7.05. The monoisotopic (exact) mass is 223 g/mol. The highest BCUT2D eigenvalue weighted by Gasteiger charge is 2.20.